The van der Waals surface area contributed by atoms with Crippen molar-refractivity contribution in [3.63, 3.8) is 0 Å². The van der Waals surface area contributed by atoms with E-state index < -0.39 is 0 Å². The van der Waals surface area contributed by atoms with Crippen LogP contribution in [0.15, 0.2) is 46.9 Å². The predicted octanol–water partition coefficient (Wildman–Crippen LogP) is 5.12. The molecule has 0 heterocycles. The Bertz CT molecular complexity index is 531. The molecule has 0 N–H and O–H groups in total. The van der Waals surface area contributed by atoms with Crippen molar-refractivity contribution in [3.05, 3.63) is 58.3 Å². The van der Waals surface area contributed by atoms with E-state index in [0.717, 1.165) is 5.56 Å². The van der Waals surface area contributed by atoms with Gasteiger partial charge in [-0.1, -0.05) is 18.2 Å². The number of halogens is 3. The van der Waals surface area contributed by atoms with Gasteiger partial charge in [-0.25, -0.2) is 4.39 Å². The SMILES string of the molecule is Fc1ccc(Oc2ccccc2CCl)c(Br)c1. The Morgan fingerprint density at radius 1 is 1.12 bits per heavy atom. The summed E-state index contributed by atoms with van der Waals surface area (Å²) >= 11 is 9.06. The third kappa shape index (κ3) is 2.99. The second-order valence-corrected chi connectivity index (χ2v) is 4.54. The van der Waals surface area contributed by atoms with E-state index in [4.69, 9.17) is 16.3 Å². The average Bonchev–Trinajstić information content (AvgIpc) is 2.33. The zero-order valence-electron chi connectivity index (χ0n) is 8.79. The van der Waals surface area contributed by atoms with Gasteiger partial charge < -0.3 is 4.74 Å². The minimum atomic E-state index is -0.310. The summed E-state index contributed by atoms with van der Waals surface area (Å²) in [5, 5.41) is 0. The molecule has 1 nitrogen and oxygen atoms in total. The van der Waals surface area contributed by atoms with Crippen LogP contribution in [0, 0.1) is 5.82 Å². The van der Waals surface area contributed by atoms with Crippen molar-refractivity contribution < 1.29 is 9.13 Å². The molecule has 0 aliphatic rings. The summed E-state index contributed by atoms with van der Waals surface area (Å²) in [7, 11) is 0. The van der Waals surface area contributed by atoms with E-state index in [1.807, 2.05) is 24.3 Å². The van der Waals surface area contributed by atoms with Crippen molar-refractivity contribution >= 4 is 27.5 Å². The van der Waals surface area contributed by atoms with Gasteiger partial charge in [0.15, 0.2) is 0 Å². The molecule has 0 aliphatic carbocycles. The summed E-state index contributed by atoms with van der Waals surface area (Å²) in [5.74, 6) is 1.29. The topological polar surface area (TPSA) is 9.23 Å². The van der Waals surface area contributed by atoms with Crippen LogP contribution in [-0.2, 0) is 5.88 Å². The Hall–Kier alpha value is -1.06. The fraction of sp³-hybridized carbons (Fsp3) is 0.0769. The van der Waals surface area contributed by atoms with E-state index in [9.17, 15) is 4.39 Å². The predicted molar refractivity (Wildman–Crippen MR) is 70.2 cm³/mol. The van der Waals surface area contributed by atoms with Gasteiger partial charge in [0.05, 0.1) is 10.4 Å². The van der Waals surface area contributed by atoms with Gasteiger partial charge in [0.1, 0.15) is 17.3 Å². The first kappa shape index (κ1) is 12.4. The molecule has 2 aromatic carbocycles. The maximum Gasteiger partial charge on any atom is 0.141 e. The molecular formula is C13H9BrClFO. The summed E-state index contributed by atoms with van der Waals surface area (Å²) in [5.41, 5.74) is 0.894. The molecular weight excluding hydrogens is 306 g/mol. The number of ether oxygens (including phenoxy) is 1. The number of hydrogen-bond acceptors (Lipinski definition) is 1. The van der Waals surface area contributed by atoms with Crippen LogP contribution in [0.4, 0.5) is 4.39 Å². The molecule has 2 rings (SSSR count). The van der Waals surface area contributed by atoms with Crippen LogP contribution in [0.2, 0.25) is 0 Å². The first-order valence-electron chi connectivity index (χ1n) is 4.97. The highest BCUT2D eigenvalue weighted by atomic mass is 79.9. The smallest absolute Gasteiger partial charge is 0.141 e. The molecule has 0 saturated carbocycles. The van der Waals surface area contributed by atoms with E-state index in [1.165, 1.54) is 12.1 Å². The average molecular weight is 316 g/mol. The second-order valence-electron chi connectivity index (χ2n) is 3.42. The van der Waals surface area contributed by atoms with Crippen LogP contribution < -0.4 is 4.74 Å². The van der Waals surface area contributed by atoms with Crippen molar-refractivity contribution in [1.82, 2.24) is 0 Å². The standard InChI is InChI=1S/C13H9BrClFO/c14-11-7-10(16)5-6-13(11)17-12-4-2-1-3-9(12)8-15/h1-7H,8H2. The van der Waals surface area contributed by atoms with E-state index >= 15 is 0 Å². The lowest BCUT2D eigenvalue weighted by molar-refractivity contribution is 0.473. The molecule has 0 fully saturated rings. The summed E-state index contributed by atoms with van der Waals surface area (Å²) in [6.45, 7) is 0. The largest absolute Gasteiger partial charge is 0.456 e. The van der Waals surface area contributed by atoms with Gasteiger partial charge in [-0.05, 0) is 40.2 Å². The van der Waals surface area contributed by atoms with E-state index in [2.05, 4.69) is 15.9 Å². The maximum atomic E-state index is 12.9. The van der Waals surface area contributed by atoms with Crippen molar-refractivity contribution in [1.29, 1.82) is 0 Å². The number of rotatable bonds is 3. The van der Waals surface area contributed by atoms with Gasteiger partial charge in [0, 0.05) is 5.56 Å². The molecule has 0 amide bonds. The fourth-order valence-corrected chi connectivity index (χ4v) is 2.04. The molecule has 0 radical (unpaired) electrons. The quantitative estimate of drug-likeness (QED) is 0.714. The molecule has 2 aromatic rings. The highest BCUT2D eigenvalue weighted by Gasteiger charge is 2.07. The molecule has 0 unspecified atom stereocenters. The summed E-state index contributed by atoms with van der Waals surface area (Å²) < 4.78 is 19.2. The minimum absolute atomic E-state index is 0.310. The lowest BCUT2D eigenvalue weighted by Crippen LogP contribution is -1.90. The third-order valence-corrected chi connectivity index (χ3v) is 3.14. The summed E-state index contributed by atoms with van der Waals surface area (Å²) in [6.07, 6.45) is 0. The molecule has 0 atom stereocenters. The Balaban J connectivity index is 2.31. The van der Waals surface area contributed by atoms with E-state index in [-0.39, 0.29) is 5.82 Å². The van der Waals surface area contributed by atoms with Gasteiger partial charge in [0.25, 0.3) is 0 Å². The molecule has 0 bridgehead atoms. The third-order valence-electron chi connectivity index (χ3n) is 2.23. The molecule has 0 aromatic heterocycles. The van der Waals surface area contributed by atoms with Gasteiger partial charge in [-0.3, -0.25) is 0 Å². The normalized spacial score (nSPS) is 10.3. The highest BCUT2D eigenvalue weighted by Crippen LogP contribution is 2.32. The fourth-order valence-electron chi connectivity index (χ4n) is 1.39. The van der Waals surface area contributed by atoms with Gasteiger partial charge in [0.2, 0.25) is 0 Å². The van der Waals surface area contributed by atoms with Crippen LogP contribution in [0.5, 0.6) is 11.5 Å². The van der Waals surface area contributed by atoms with Crippen LogP contribution in [0.25, 0.3) is 0 Å². The number of benzene rings is 2. The molecule has 4 heteroatoms. The van der Waals surface area contributed by atoms with Crippen LogP contribution in [0.3, 0.4) is 0 Å². The minimum Gasteiger partial charge on any atom is -0.456 e. The van der Waals surface area contributed by atoms with Crippen LogP contribution in [0.1, 0.15) is 5.56 Å². The zero-order valence-corrected chi connectivity index (χ0v) is 11.1. The van der Waals surface area contributed by atoms with Crippen molar-refractivity contribution in [2.24, 2.45) is 0 Å². The molecule has 17 heavy (non-hydrogen) atoms. The monoisotopic (exact) mass is 314 g/mol. The van der Waals surface area contributed by atoms with Crippen molar-refractivity contribution in [3.8, 4) is 11.5 Å². The number of para-hydroxylation sites is 1. The molecule has 0 aliphatic heterocycles. The maximum absolute atomic E-state index is 12.9. The molecule has 0 saturated heterocycles. The van der Waals surface area contributed by atoms with Gasteiger partial charge >= 0.3 is 0 Å². The second kappa shape index (κ2) is 5.52. The summed E-state index contributed by atoms with van der Waals surface area (Å²) in [6, 6.07) is 11.8. The summed E-state index contributed by atoms with van der Waals surface area (Å²) in [4.78, 5) is 0. The Kier molecular flexibility index (Phi) is 4.02. The van der Waals surface area contributed by atoms with Crippen molar-refractivity contribution in [2.75, 3.05) is 0 Å². The van der Waals surface area contributed by atoms with Gasteiger partial charge in [-0.15, -0.1) is 11.6 Å². The Morgan fingerprint density at radius 2 is 1.88 bits per heavy atom. The lowest BCUT2D eigenvalue weighted by Gasteiger charge is -2.10. The van der Waals surface area contributed by atoms with Crippen LogP contribution in [-0.4, -0.2) is 0 Å². The van der Waals surface area contributed by atoms with Gasteiger partial charge in [-0.2, -0.15) is 0 Å². The lowest BCUT2D eigenvalue weighted by atomic mass is 10.2. The Labute approximate surface area is 112 Å². The number of hydrogen-bond donors (Lipinski definition) is 0. The molecule has 0 spiro atoms. The first-order valence-corrected chi connectivity index (χ1v) is 6.30. The van der Waals surface area contributed by atoms with E-state index in [0.29, 0.717) is 21.9 Å². The molecule has 88 valence electrons. The highest BCUT2D eigenvalue weighted by molar-refractivity contribution is 9.10. The zero-order chi connectivity index (χ0) is 12.3. The Morgan fingerprint density at radius 3 is 2.59 bits per heavy atom. The number of alkyl halides is 1. The van der Waals surface area contributed by atoms with Crippen LogP contribution >= 0.6 is 27.5 Å². The van der Waals surface area contributed by atoms with E-state index in [1.54, 1.807) is 6.07 Å². The first-order chi connectivity index (χ1) is 8.20. The van der Waals surface area contributed by atoms with Crippen molar-refractivity contribution in [2.45, 2.75) is 5.88 Å².